The van der Waals surface area contributed by atoms with Crippen molar-refractivity contribution in [1.82, 2.24) is 4.90 Å². The molecule has 1 saturated heterocycles. The summed E-state index contributed by atoms with van der Waals surface area (Å²) in [5, 5.41) is 22.5. The van der Waals surface area contributed by atoms with Crippen LogP contribution in [0.5, 0.6) is 0 Å². The van der Waals surface area contributed by atoms with E-state index in [0.717, 1.165) is 16.7 Å². The zero-order valence-electron chi connectivity index (χ0n) is 12.8. The van der Waals surface area contributed by atoms with Crippen LogP contribution < -0.4 is 10.2 Å². The molecule has 0 N–H and O–H groups in total. The van der Waals surface area contributed by atoms with Crippen LogP contribution in [0.2, 0.25) is 0 Å². The summed E-state index contributed by atoms with van der Waals surface area (Å²) in [4.78, 5) is 36.2. The van der Waals surface area contributed by atoms with Gasteiger partial charge >= 0.3 is 0 Å². The summed E-state index contributed by atoms with van der Waals surface area (Å²) in [6.45, 7) is 3.29. The summed E-state index contributed by atoms with van der Waals surface area (Å²) in [7, 11) is 0. The summed E-state index contributed by atoms with van der Waals surface area (Å²) < 4.78 is 0.0973. The van der Waals surface area contributed by atoms with Crippen LogP contribution in [0, 0.1) is 5.92 Å². The Bertz CT molecular complexity index is 757. The Morgan fingerprint density at radius 2 is 1.88 bits per heavy atom. The molecule has 1 aliphatic rings. The summed E-state index contributed by atoms with van der Waals surface area (Å²) in [5.41, 5.74) is 0.218. The van der Waals surface area contributed by atoms with Crippen LogP contribution >= 0.6 is 24.0 Å². The molecule has 0 aromatic heterocycles. The lowest BCUT2D eigenvalue weighted by Crippen LogP contribution is -2.52. The number of rotatable bonds is 5. The topological polar surface area (TPSA) is 101 Å². The standard InChI is InChI=1S/C16H15NO5S2/c1-8(2)12(15(21)22)17-13(18)11(24-16(17)23)7-9-5-3-4-6-10(9)14(19)20/h3-8,12H,1-2H3,(H,19,20)(H,21,22)/p-2/b11-7+/t12-/m0/s1. The number of thiocarbonyl (C=S) groups is 1. The Morgan fingerprint density at radius 1 is 1.25 bits per heavy atom. The van der Waals surface area contributed by atoms with Crippen molar-refractivity contribution in [2.45, 2.75) is 19.9 Å². The summed E-state index contributed by atoms with van der Waals surface area (Å²) in [6, 6.07) is 4.87. The van der Waals surface area contributed by atoms with Crippen LogP contribution in [-0.2, 0) is 9.59 Å². The smallest absolute Gasteiger partial charge is 0.266 e. The second-order valence-corrected chi connectivity index (χ2v) is 7.11. The lowest BCUT2D eigenvalue weighted by molar-refractivity contribution is -0.311. The second-order valence-electron chi connectivity index (χ2n) is 5.43. The summed E-state index contributed by atoms with van der Waals surface area (Å²) in [6.07, 6.45) is 1.37. The monoisotopic (exact) mass is 363 g/mol. The van der Waals surface area contributed by atoms with Crippen molar-refractivity contribution in [3.63, 3.8) is 0 Å². The number of carboxylic acids is 2. The molecule has 8 heteroatoms. The zero-order chi connectivity index (χ0) is 18.0. The molecule has 0 aliphatic carbocycles. The molecule has 0 radical (unpaired) electrons. The van der Waals surface area contributed by atoms with Crippen LogP contribution in [0.4, 0.5) is 0 Å². The Balaban J connectivity index is 2.42. The van der Waals surface area contributed by atoms with Crippen LogP contribution in [0.15, 0.2) is 29.2 Å². The van der Waals surface area contributed by atoms with Gasteiger partial charge in [0, 0.05) is 5.56 Å². The lowest BCUT2D eigenvalue weighted by atomic mass is 10.0. The Hall–Kier alpha value is -2.19. The maximum absolute atomic E-state index is 12.5. The predicted molar refractivity (Wildman–Crippen MR) is 89.4 cm³/mol. The number of aliphatic carboxylic acids is 1. The summed E-state index contributed by atoms with van der Waals surface area (Å²) in [5.74, 6) is -3.74. The van der Waals surface area contributed by atoms with Gasteiger partial charge in [0.2, 0.25) is 0 Å². The molecule has 1 fully saturated rings. The third kappa shape index (κ3) is 3.49. The third-order valence-electron chi connectivity index (χ3n) is 3.44. The molecule has 0 saturated carbocycles. The van der Waals surface area contributed by atoms with E-state index in [1.54, 1.807) is 26.0 Å². The SMILES string of the molecule is CC(C)[C@@H](C(=O)[O-])N1C(=O)/C(=C\c2ccccc2C(=O)[O-])SC1=S. The molecule has 1 atom stereocenters. The largest absolute Gasteiger partial charge is 0.548 e. The van der Waals surface area contributed by atoms with Gasteiger partial charge in [-0.05, 0) is 17.6 Å². The van der Waals surface area contributed by atoms with E-state index in [9.17, 15) is 24.6 Å². The van der Waals surface area contributed by atoms with Gasteiger partial charge in [0.15, 0.2) is 0 Å². The first-order chi connectivity index (χ1) is 11.2. The molecule has 0 bridgehead atoms. The highest BCUT2D eigenvalue weighted by molar-refractivity contribution is 8.26. The Morgan fingerprint density at radius 3 is 2.42 bits per heavy atom. The molecule has 126 valence electrons. The van der Waals surface area contributed by atoms with Gasteiger partial charge in [0.25, 0.3) is 5.91 Å². The van der Waals surface area contributed by atoms with Crippen molar-refractivity contribution >= 4 is 52.2 Å². The number of hydrogen-bond donors (Lipinski definition) is 0. The molecule has 1 heterocycles. The van der Waals surface area contributed by atoms with Gasteiger partial charge in [-0.2, -0.15) is 0 Å². The quantitative estimate of drug-likeness (QED) is 0.537. The number of carboxylic acid groups (broad SMARTS) is 2. The molecule has 1 aliphatic heterocycles. The van der Waals surface area contributed by atoms with Gasteiger partial charge in [-0.3, -0.25) is 9.69 Å². The number of nitrogens with zero attached hydrogens (tertiary/aromatic N) is 1. The van der Waals surface area contributed by atoms with E-state index in [2.05, 4.69) is 0 Å². The van der Waals surface area contributed by atoms with Gasteiger partial charge < -0.3 is 19.8 Å². The molecule has 1 amide bonds. The number of carbonyl (C=O) groups is 3. The average Bonchev–Trinajstić information content (AvgIpc) is 2.75. The van der Waals surface area contributed by atoms with Crippen molar-refractivity contribution in [3.8, 4) is 0 Å². The highest BCUT2D eigenvalue weighted by atomic mass is 32.2. The van der Waals surface area contributed by atoms with Gasteiger partial charge in [0.1, 0.15) is 4.32 Å². The fraction of sp³-hybridized carbons (Fsp3) is 0.250. The van der Waals surface area contributed by atoms with Gasteiger partial charge in [0.05, 0.1) is 22.9 Å². The minimum absolute atomic E-state index is 0.0666. The Kier molecular flexibility index (Phi) is 5.40. The van der Waals surface area contributed by atoms with Crippen LogP contribution in [0.25, 0.3) is 6.08 Å². The first-order valence-electron chi connectivity index (χ1n) is 7.02. The van der Waals surface area contributed by atoms with Gasteiger partial charge in [-0.1, -0.05) is 62.1 Å². The fourth-order valence-electron chi connectivity index (χ4n) is 2.35. The van der Waals surface area contributed by atoms with Gasteiger partial charge in [-0.15, -0.1) is 0 Å². The van der Waals surface area contributed by atoms with Crippen molar-refractivity contribution < 1.29 is 24.6 Å². The van der Waals surface area contributed by atoms with Crippen molar-refractivity contribution in [1.29, 1.82) is 0 Å². The van der Waals surface area contributed by atoms with E-state index in [-0.39, 0.29) is 20.4 Å². The molecule has 1 aromatic carbocycles. The maximum atomic E-state index is 12.5. The van der Waals surface area contributed by atoms with E-state index in [4.69, 9.17) is 12.2 Å². The van der Waals surface area contributed by atoms with Crippen LogP contribution in [-0.4, -0.2) is 33.1 Å². The molecule has 24 heavy (non-hydrogen) atoms. The highest BCUT2D eigenvalue weighted by Crippen LogP contribution is 2.35. The third-order valence-corrected chi connectivity index (χ3v) is 4.77. The zero-order valence-corrected chi connectivity index (χ0v) is 14.5. The molecule has 0 unspecified atom stereocenters. The molecule has 2 rings (SSSR count). The predicted octanol–water partition coefficient (Wildman–Crippen LogP) is 0.0258. The normalized spacial score (nSPS) is 17.6. The van der Waals surface area contributed by atoms with Crippen molar-refractivity contribution in [2.24, 2.45) is 5.92 Å². The molecular formula is C16H13NO5S2-2. The number of carbonyl (C=O) groups excluding carboxylic acids is 3. The minimum Gasteiger partial charge on any atom is -0.548 e. The number of thioether (sulfide) groups is 1. The fourth-order valence-corrected chi connectivity index (χ4v) is 3.67. The van der Waals surface area contributed by atoms with E-state index >= 15 is 0 Å². The van der Waals surface area contributed by atoms with Crippen LogP contribution in [0.1, 0.15) is 29.8 Å². The first kappa shape index (κ1) is 18.2. The number of aromatic carboxylic acids is 1. The van der Waals surface area contributed by atoms with Gasteiger partial charge in [-0.25, -0.2) is 0 Å². The number of benzene rings is 1. The minimum atomic E-state index is -1.39. The van der Waals surface area contributed by atoms with Crippen molar-refractivity contribution in [3.05, 3.63) is 40.3 Å². The second kappa shape index (κ2) is 7.14. The van der Waals surface area contributed by atoms with E-state index in [0.29, 0.717) is 0 Å². The molecule has 1 aromatic rings. The molecular weight excluding hydrogens is 350 g/mol. The lowest BCUT2D eigenvalue weighted by Gasteiger charge is -2.30. The van der Waals surface area contributed by atoms with E-state index in [1.165, 1.54) is 18.2 Å². The average molecular weight is 363 g/mol. The number of hydrogen-bond acceptors (Lipinski definition) is 7. The van der Waals surface area contributed by atoms with E-state index < -0.39 is 29.8 Å². The van der Waals surface area contributed by atoms with Crippen molar-refractivity contribution in [2.75, 3.05) is 0 Å². The first-order valence-corrected chi connectivity index (χ1v) is 8.24. The highest BCUT2D eigenvalue weighted by Gasteiger charge is 2.39. The summed E-state index contributed by atoms with van der Waals surface area (Å²) >= 11 is 6.04. The molecule has 0 spiro atoms. The van der Waals surface area contributed by atoms with E-state index in [1.807, 2.05) is 0 Å². The maximum Gasteiger partial charge on any atom is 0.266 e. The number of amides is 1. The van der Waals surface area contributed by atoms with Crippen LogP contribution in [0.3, 0.4) is 0 Å². The molecule has 6 nitrogen and oxygen atoms in total. The Labute approximate surface area is 148 Å².